The first kappa shape index (κ1) is 10.8. The van der Waals surface area contributed by atoms with E-state index in [4.69, 9.17) is 34.8 Å². The Morgan fingerprint density at radius 3 is 1.70 bits per heavy atom. The average molecular weight is 205 g/mol. The molecule has 10 heavy (non-hydrogen) atoms. The number of nitrogens with zero attached hydrogens (tertiary/aromatic N) is 1. The lowest BCUT2D eigenvalue weighted by atomic mass is 10.5. The molecule has 0 aliphatic carbocycles. The fourth-order valence-electron chi connectivity index (χ4n) is 0.771. The molecule has 0 N–H and O–H groups in total. The third kappa shape index (κ3) is 2.83. The standard InChI is InChI=1S/C6H12Cl3N/c1-3-10(4-2)6(8,9)5-7/h3-5H2,1-2H3. The second-order valence-corrected chi connectivity index (χ2v) is 3.68. The molecule has 62 valence electrons. The van der Waals surface area contributed by atoms with Crippen LogP contribution < -0.4 is 0 Å². The lowest BCUT2D eigenvalue weighted by Crippen LogP contribution is -2.40. The number of halogens is 3. The SMILES string of the molecule is CCN(CC)C(Cl)(Cl)CCl. The molecule has 0 saturated carbocycles. The van der Waals surface area contributed by atoms with E-state index in [-0.39, 0.29) is 5.88 Å². The normalized spacial score (nSPS) is 12.6. The highest BCUT2D eigenvalue weighted by molar-refractivity contribution is 6.51. The van der Waals surface area contributed by atoms with Crippen LogP contribution in [0.5, 0.6) is 0 Å². The molecule has 0 fully saturated rings. The van der Waals surface area contributed by atoms with Crippen LogP contribution in [0.3, 0.4) is 0 Å². The van der Waals surface area contributed by atoms with Crippen LogP contribution in [0.2, 0.25) is 0 Å². The Balaban J connectivity index is 3.97. The van der Waals surface area contributed by atoms with E-state index >= 15 is 0 Å². The van der Waals surface area contributed by atoms with Gasteiger partial charge in [-0.2, -0.15) is 0 Å². The Kier molecular flexibility index (Phi) is 5.04. The summed E-state index contributed by atoms with van der Waals surface area (Å²) < 4.78 is -0.898. The quantitative estimate of drug-likeness (QED) is 0.503. The molecule has 0 aliphatic heterocycles. The second kappa shape index (κ2) is 4.66. The van der Waals surface area contributed by atoms with Crippen LogP contribution in [-0.2, 0) is 0 Å². The van der Waals surface area contributed by atoms with Crippen molar-refractivity contribution < 1.29 is 0 Å². The van der Waals surface area contributed by atoms with Gasteiger partial charge < -0.3 is 0 Å². The smallest absolute Gasteiger partial charge is 0.184 e. The first-order valence-corrected chi connectivity index (χ1v) is 4.56. The molecule has 0 aromatic rings. The Labute approximate surface area is 77.2 Å². The Hall–Kier alpha value is 0.830. The Bertz CT molecular complexity index is 91.0. The molecular formula is C6H12Cl3N. The predicted octanol–water partition coefficient (Wildman–Crippen LogP) is 2.70. The van der Waals surface area contributed by atoms with Crippen LogP contribution >= 0.6 is 34.8 Å². The number of rotatable bonds is 4. The molecular weight excluding hydrogens is 192 g/mol. The van der Waals surface area contributed by atoms with Crippen molar-refractivity contribution in [1.29, 1.82) is 0 Å². The van der Waals surface area contributed by atoms with E-state index in [9.17, 15) is 0 Å². The van der Waals surface area contributed by atoms with Crippen molar-refractivity contribution in [2.45, 2.75) is 18.3 Å². The highest BCUT2D eigenvalue weighted by Crippen LogP contribution is 2.26. The minimum Gasteiger partial charge on any atom is -0.272 e. The van der Waals surface area contributed by atoms with Crippen molar-refractivity contribution in [1.82, 2.24) is 4.90 Å². The molecule has 0 atom stereocenters. The van der Waals surface area contributed by atoms with Gasteiger partial charge in [0.2, 0.25) is 0 Å². The van der Waals surface area contributed by atoms with Crippen LogP contribution in [0.15, 0.2) is 0 Å². The van der Waals surface area contributed by atoms with Gasteiger partial charge in [0.05, 0.1) is 5.88 Å². The minimum atomic E-state index is -0.898. The van der Waals surface area contributed by atoms with Crippen molar-refractivity contribution in [3.63, 3.8) is 0 Å². The van der Waals surface area contributed by atoms with Gasteiger partial charge in [0.1, 0.15) is 0 Å². The van der Waals surface area contributed by atoms with Crippen molar-refractivity contribution in [3.05, 3.63) is 0 Å². The van der Waals surface area contributed by atoms with Crippen molar-refractivity contribution >= 4 is 34.8 Å². The summed E-state index contributed by atoms with van der Waals surface area (Å²) in [4.78, 5) is 1.89. The summed E-state index contributed by atoms with van der Waals surface area (Å²) >= 11 is 17.2. The van der Waals surface area contributed by atoms with Gasteiger partial charge in [0.15, 0.2) is 4.46 Å². The monoisotopic (exact) mass is 203 g/mol. The average Bonchev–Trinajstić information content (AvgIpc) is 1.90. The van der Waals surface area contributed by atoms with Crippen molar-refractivity contribution in [3.8, 4) is 0 Å². The number of hydrogen-bond acceptors (Lipinski definition) is 1. The maximum Gasteiger partial charge on any atom is 0.184 e. The van der Waals surface area contributed by atoms with E-state index in [2.05, 4.69) is 0 Å². The van der Waals surface area contributed by atoms with Crippen molar-refractivity contribution in [2.24, 2.45) is 0 Å². The fraction of sp³-hybridized carbons (Fsp3) is 1.00. The van der Waals surface area contributed by atoms with Crippen LogP contribution in [0.4, 0.5) is 0 Å². The van der Waals surface area contributed by atoms with Crippen LogP contribution in [-0.4, -0.2) is 28.3 Å². The third-order valence-corrected chi connectivity index (χ3v) is 2.79. The van der Waals surface area contributed by atoms with Crippen molar-refractivity contribution in [2.75, 3.05) is 19.0 Å². The molecule has 0 bridgehead atoms. The third-order valence-electron chi connectivity index (χ3n) is 1.39. The first-order chi connectivity index (χ1) is 4.58. The fourth-order valence-corrected chi connectivity index (χ4v) is 1.42. The van der Waals surface area contributed by atoms with Gasteiger partial charge >= 0.3 is 0 Å². The summed E-state index contributed by atoms with van der Waals surface area (Å²) in [7, 11) is 0. The predicted molar refractivity (Wildman–Crippen MR) is 48.1 cm³/mol. The van der Waals surface area contributed by atoms with Gasteiger partial charge in [0.25, 0.3) is 0 Å². The minimum absolute atomic E-state index is 0.234. The van der Waals surface area contributed by atoms with Gasteiger partial charge in [0, 0.05) is 0 Å². The summed E-state index contributed by atoms with van der Waals surface area (Å²) in [5.74, 6) is 0.234. The van der Waals surface area contributed by atoms with Gasteiger partial charge in [-0.15, -0.1) is 11.6 Å². The lowest BCUT2D eigenvalue weighted by molar-refractivity contribution is 0.265. The topological polar surface area (TPSA) is 3.24 Å². The Morgan fingerprint density at radius 2 is 1.60 bits per heavy atom. The molecule has 0 saturated heterocycles. The first-order valence-electron chi connectivity index (χ1n) is 3.27. The maximum atomic E-state index is 5.85. The molecule has 0 heterocycles. The highest BCUT2D eigenvalue weighted by atomic mass is 35.5. The number of hydrogen-bond donors (Lipinski definition) is 0. The zero-order valence-electron chi connectivity index (χ0n) is 6.20. The summed E-state index contributed by atoms with van der Waals surface area (Å²) in [5.41, 5.74) is 0. The van der Waals surface area contributed by atoms with Crippen LogP contribution in [0.25, 0.3) is 0 Å². The molecule has 4 heteroatoms. The number of alkyl halides is 3. The van der Waals surface area contributed by atoms with Gasteiger partial charge in [-0.05, 0) is 13.1 Å². The highest BCUT2D eigenvalue weighted by Gasteiger charge is 2.28. The van der Waals surface area contributed by atoms with Gasteiger partial charge in [-0.1, -0.05) is 37.0 Å². The largest absolute Gasteiger partial charge is 0.272 e. The van der Waals surface area contributed by atoms with E-state index in [1.807, 2.05) is 18.7 Å². The van der Waals surface area contributed by atoms with Crippen LogP contribution in [0.1, 0.15) is 13.8 Å². The lowest BCUT2D eigenvalue weighted by Gasteiger charge is -2.30. The summed E-state index contributed by atoms with van der Waals surface area (Å²) in [6, 6.07) is 0. The molecule has 0 aromatic carbocycles. The zero-order valence-corrected chi connectivity index (χ0v) is 8.47. The van der Waals surface area contributed by atoms with E-state index in [1.54, 1.807) is 0 Å². The van der Waals surface area contributed by atoms with Gasteiger partial charge in [-0.3, -0.25) is 4.90 Å². The van der Waals surface area contributed by atoms with E-state index in [0.717, 1.165) is 13.1 Å². The maximum absolute atomic E-state index is 5.85. The van der Waals surface area contributed by atoms with E-state index < -0.39 is 4.46 Å². The van der Waals surface area contributed by atoms with Gasteiger partial charge in [-0.25, -0.2) is 0 Å². The zero-order chi connectivity index (χ0) is 8.20. The molecule has 0 rings (SSSR count). The second-order valence-electron chi connectivity index (χ2n) is 1.97. The summed E-state index contributed by atoms with van der Waals surface area (Å²) in [6.45, 7) is 5.62. The van der Waals surface area contributed by atoms with E-state index in [1.165, 1.54) is 0 Å². The molecule has 0 aromatic heterocycles. The molecule has 0 radical (unpaired) electrons. The molecule has 1 nitrogen and oxygen atoms in total. The Morgan fingerprint density at radius 1 is 1.20 bits per heavy atom. The van der Waals surface area contributed by atoms with E-state index in [0.29, 0.717) is 0 Å². The summed E-state index contributed by atoms with van der Waals surface area (Å²) in [6.07, 6.45) is 0. The molecule has 0 aliphatic rings. The summed E-state index contributed by atoms with van der Waals surface area (Å²) in [5, 5.41) is 0. The molecule has 0 amide bonds. The molecule has 0 unspecified atom stereocenters. The van der Waals surface area contributed by atoms with Crippen LogP contribution in [0, 0.1) is 0 Å². The molecule has 0 spiro atoms.